The second-order valence-electron chi connectivity index (χ2n) is 5.57. The predicted molar refractivity (Wildman–Crippen MR) is 102 cm³/mol. The first-order chi connectivity index (χ1) is 13.3. The third kappa shape index (κ3) is 5.64. The van der Waals surface area contributed by atoms with E-state index in [1.165, 1.54) is 6.08 Å². The van der Waals surface area contributed by atoms with E-state index in [-0.39, 0.29) is 5.13 Å². The van der Waals surface area contributed by atoms with Gasteiger partial charge in [-0.25, -0.2) is 9.97 Å². The molecule has 1 aromatic carbocycles. The number of carbonyl (C=O) groups is 1. The van der Waals surface area contributed by atoms with Crippen LogP contribution in [0.2, 0.25) is 0 Å². The molecular formula is C18H14F3N3O2S2. The molecule has 1 amide bonds. The van der Waals surface area contributed by atoms with Crippen LogP contribution >= 0.6 is 22.7 Å². The highest BCUT2D eigenvalue weighted by Crippen LogP contribution is 2.31. The van der Waals surface area contributed by atoms with Gasteiger partial charge >= 0.3 is 6.18 Å². The summed E-state index contributed by atoms with van der Waals surface area (Å²) in [5, 5.41) is 5.96. The summed E-state index contributed by atoms with van der Waals surface area (Å²) in [6.07, 6.45) is -1.76. The lowest BCUT2D eigenvalue weighted by molar-refractivity contribution is -0.140. The van der Waals surface area contributed by atoms with Crippen molar-refractivity contribution in [2.75, 3.05) is 5.32 Å². The van der Waals surface area contributed by atoms with Gasteiger partial charge in [-0.15, -0.1) is 22.7 Å². The topological polar surface area (TPSA) is 64.1 Å². The summed E-state index contributed by atoms with van der Waals surface area (Å²) in [7, 11) is 0. The first-order valence-electron chi connectivity index (χ1n) is 7.95. The molecule has 0 radical (unpaired) electrons. The van der Waals surface area contributed by atoms with E-state index in [1.54, 1.807) is 41.7 Å². The van der Waals surface area contributed by atoms with Crippen LogP contribution in [0.1, 0.15) is 22.0 Å². The molecule has 3 aromatic rings. The van der Waals surface area contributed by atoms with Crippen molar-refractivity contribution in [3.05, 3.63) is 63.1 Å². The largest absolute Gasteiger partial charge is 0.487 e. The fourth-order valence-electron chi connectivity index (χ4n) is 2.09. The normalized spacial score (nSPS) is 11.7. The number of thiazole rings is 2. The van der Waals surface area contributed by atoms with Gasteiger partial charge in [0.2, 0.25) is 5.91 Å². The van der Waals surface area contributed by atoms with Crippen LogP contribution in [0.25, 0.3) is 6.08 Å². The standard InChI is InChI=1S/C18H14F3N3O2S2/c1-11-22-13(9-27-11)8-26-14-5-2-12(3-6-14)4-7-16(25)24-17-23-15(10-28-17)18(19,20)21/h2-7,9-10H,8H2,1H3,(H,23,24,25)/b7-4+. The highest BCUT2D eigenvalue weighted by molar-refractivity contribution is 7.14. The first-order valence-corrected chi connectivity index (χ1v) is 9.71. The van der Waals surface area contributed by atoms with Crippen molar-refractivity contribution in [1.82, 2.24) is 9.97 Å². The lowest BCUT2D eigenvalue weighted by Crippen LogP contribution is -2.09. The Morgan fingerprint density at radius 1 is 1.18 bits per heavy atom. The molecule has 3 rings (SSSR count). The van der Waals surface area contributed by atoms with Gasteiger partial charge in [0.1, 0.15) is 12.4 Å². The van der Waals surface area contributed by atoms with Crippen molar-refractivity contribution >= 4 is 39.8 Å². The van der Waals surface area contributed by atoms with Crippen LogP contribution in [0.15, 0.2) is 41.1 Å². The van der Waals surface area contributed by atoms with Gasteiger partial charge in [0.15, 0.2) is 10.8 Å². The van der Waals surface area contributed by atoms with Gasteiger partial charge in [0, 0.05) is 16.8 Å². The number of hydrogen-bond acceptors (Lipinski definition) is 6. The number of halogens is 3. The molecule has 0 saturated carbocycles. The van der Waals surface area contributed by atoms with E-state index >= 15 is 0 Å². The molecule has 0 unspecified atom stereocenters. The second-order valence-corrected chi connectivity index (χ2v) is 7.49. The summed E-state index contributed by atoms with van der Waals surface area (Å²) in [5.41, 5.74) is 0.571. The number of aryl methyl sites for hydroxylation is 1. The molecule has 0 aliphatic heterocycles. The zero-order valence-corrected chi connectivity index (χ0v) is 16.1. The minimum Gasteiger partial charge on any atom is -0.487 e. The third-order valence-electron chi connectivity index (χ3n) is 3.39. The maximum Gasteiger partial charge on any atom is 0.434 e. The number of rotatable bonds is 6. The molecule has 0 aliphatic carbocycles. The lowest BCUT2D eigenvalue weighted by atomic mass is 10.2. The van der Waals surface area contributed by atoms with Crippen molar-refractivity contribution in [1.29, 1.82) is 0 Å². The second kappa shape index (κ2) is 8.53. The molecule has 146 valence electrons. The fourth-order valence-corrected chi connectivity index (χ4v) is 3.40. The first kappa shape index (κ1) is 20.0. The molecule has 0 aliphatic rings. The average molecular weight is 425 g/mol. The van der Waals surface area contributed by atoms with Crippen molar-refractivity contribution in [2.45, 2.75) is 19.7 Å². The number of carbonyl (C=O) groups excluding carboxylic acids is 1. The predicted octanol–water partition coefficient (Wildman–Crippen LogP) is 5.16. The van der Waals surface area contributed by atoms with Gasteiger partial charge in [-0.2, -0.15) is 13.2 Å². The van der Waals surface area contributed by atoms with Crippen LogP contribution in [0.3, 0.4) is 0 Å². The fraction of sp³-hybridized carbons (Fsp3) is 0.167. The molecule has 5 nitrogen and oxygen atoms in total. The number of hydrogen-bond donors (Lipinski definition) is 1. The van der Waals surface area contributed by atoms with Gasteiger partial charge in [0.05, 0.1) is 10.7 Å². The maximum atomic E-state index is 12.5. The van der Waals surface area contributed by atoms with Crippen molar-refractivity contribution in [3.8, 4) is 5.75 Å². The van der Waals surface area contributed by atoms with E-state index in [1.807, 2.05) is 12.3 Å². The smallest absolute Gasteiger partial charge is 0.434 e. The Hall–Kier alpha value is -2.72. The third-order valence-corrected chi connectivity index (χ3v) is 4.97. The number of ether oxygens (including phenoxy) is 1. The van der Waals surface area contributed by atoms with Gasteiger partial charge in [-0.1, -0.05) is 12.1 Å². The van der Waals surface area contributed by atoms with Gasteiger partial charge in [-0.3, -0.25) is 10.1 Å². The van der Waals surface area contributed by atoms with Gasteiger partial charge in [-0.05, 0) is 30.7 Å². The van der Waals surface area contributed by atoms with Gasteiger partial charge < -0.3 is 4.74 Å². The molecule has 1 N–H and O–H groups in total. The van der Waals surface area contributed by atoms with E-state index < -0.39 is 17.8 Å². The van der Waals surface area contributed by atoms with Crippen molar-refractivity contribution in [2.24, 2.45) is 0 Å². The molecule has 0 bridgehead atoms. The van der Waals surface area contributed by atoms with Crippen LogP contribution in [-0.4, -0.2) is 15.9 Å². The summed E-state index contributed by atoms with van der Waals surface area (Å²) in [5.74, 6) is 0.0945. The molecule has 0 spiro atoms. The Morgan fingerprint density at radius 3 is 2.54 bits per heavy atom. The number of nitrogens with zero attached hydrogens (tertiary/aromatic N) is 2. The zero-order valence-electron chi connectivity index (χ0n) is 14.5. The summed E-state index contributed by atoms with van der Waals surface area (Å²) >= 11 is 2.27. The highest BCUT2D eigenvalue weighted by atomic mass is 32.1. The van der Waals surface area contributed by atoms with Crippen molar-refractivity contribution < 1.29 is 22.7 Å². The number of nitrogens with one attached hydrogen (secondary N) is 1. The van der Waals surface area contributed by atoms with Crippen LogP contribution in [-0.2, 0) is 17.6 Å². The molecule has 0 saturated heterocycles. The molecule has 0 atom stereocenters. The van der Waals surface area contributed by atoms with E-state index in [0.29, 0.717) is 23.7 Å². The maximum absolute atomic E-state index is 12.5. The van der Waals surface area contributed by atoms with E-state index in [9.17, 15) is 18.0 Å². The van der Waals surface area contributed by atoms with E-state index in [4.69, 9.17) is 4.74 Å². The molecule has 10 heteroatoms. The van der Waals surface area contributed by atoms with E-state index in [0.717, 1.165) is 21.6 Å². The molecule has 2 aromatic heterocycles. The molecule has 2 heterocycles. The highest BCUT2D eigenvalue weighted by Gasteiger charge is 2.33. The molecule has 28 heavy (non-hydrogen) atoms. The lowest BCUT2D eigenvalue weighted by Gasteiger charge is -2.04. The van der Waals surface area contributed by atoms with Crippen LogP contribution in [0.5, 0.6) is 5.75 Å². The number of amides is 1. The number of benzene rings is 1. The molecule has 0 fully saturated rings. The quantitative estimate of drug-likeness (QED) is 0.554. The number of aromatic nitrogens is 2. The summed E-state index contributed by atoms with van der Waals surface area (Å²) < 4.78 is 43.1. The Labute approximate surface area is 166 Å². The molecular weight excluding hydrogens is 411 g/mol. The van der Waals surface area contributed by atoms with Crippen LogP contribution in [0, 0.1) is 6.92 Å². The van der Waals surface area contributed by atoms with E-state index in [2.05, 4.69) is 15.3 Å². The van der Waals surface area contributed by atoms with Gasteiger partial charge in [0.25, 0.3) is 0 Å². The Kier molecular flexibility index (Phi) is 6.10. The Bertz CT molecular complexity index is 979. The minimum absolute atomic E-state index is 0.108. The number of anilines is 1. The van der Waals surface area contributed by atoms with Crippen LogP contribution < -0.4 is 10.1 Å². The summed E-state index contributed by atoms with van der Waals surface area (Å²) in [6, 6.07) is 7.04. The average Bonchev–Trinajstić information content (AvgIpc) is 3.28. The summed E-state index contributed by atoms with van der Waals surface area (Å²) in [6.45, 7) is 2.30. The number of alkyl halides is 3. The summed E-state index contributed by atoms with van der Waals surface area (Å²) in [4.78, 5) is 19.5. The van der Waals surface area contributed by atoms with Crippen molar-refractivity contribution in [3.63, 3.8) is 0 Å². The van der Waals surface area contributed by atoms with Crippen LogP contribution in [0.4, 0.5) is 18.3 Å². The minimum atomic E-state index is -4.53. The Balaban J connectivity index is 1.52. The zero-order chi connectivity index (χ0) is 20.1. The monoisotopic (exact) mass is 425 g/mol. The Morgan fingerprint density at radius 2 is 1.93 bits per heavy atom. The SMILES string of the molecule is Cc1nc(COc2ccc(/C=C/C(=O)Nc3nc(C(F)(F)F)cs3)cc2)cs1.